The quantitative estimate of drug-likeness (QED) is 0.315. The zero-order chi connectivity index (χ0) is 28.2. The van der Waals surface area contributed by atoms with Gasteiger partial charge in [0.15, 0.2) is 6.29 Å². The summed E-state index contributed by atoms with van der Waals surface area (Å²) in [5, 5.41) is 12.0. The largest absolute Gasteiger partial charge is 0.497 e. The third kappa shape index (κ3) is 5.78. The number of nitrogens with one attached hydrogen (secondary N) is 3. The van der Waals surface area contributed by atoms with Gasteiger partial charge in [-0.05, 0) is 62.7 Å². The predicted octanol–water partition coefficient (Wildman–Crippen LogP) is 5.08. The third-order valence-corrected chi connectivity index (χ3v) is 8.28. The van der Waals surface area contributed by atoms with Gasteiger partial charge in [-0.15, -0.1) is 11.3 Å². The topological polar surface area (TPSA) is 90.5 Å². The molecule has 1 aromatic heterocycles. The number of methoxy groups -OCH3 is 2. The number of aliphatic imine (C=N–C) groups is 1. The maximum Gasteiger partial charge on any atom is 0.247 e. The fourth-order valence-corrected chi connectivity index (χ4v) is 6.06. The minimum absolute atomic E-state index is 0.266. The zero-order valence-electron chi connectivity index (χ0n) is 23.4. The molecule has 0 spiro atoms. The van der Waals surface area contributed by atoms with Crippen LogP contribution in [0, 0.1) is 0 Å². The van der Waals surface area contributed by atoms with E-state index in [1.807, 2.05) is 41.8 Å². The van der Waals surface area contributed by atoms with Gasteiger partial charge >= 0.3 is 0 Å². The van der Waals surface area contributed by atoms with Crippen LogP contribution in [-0.4, -0.2) is 70.3 Å². The molecule has 5 rings (SSSR count). The Bertz CT molecular complexity index is 1410. The van der Waals surface area contributed by atoms with Crippen LogP contribution in [0.1, 0.15) is 23.3 Å². The third-order valence-electron chi connectivity index (χ3n) is 7.36. The summed E-state index contributed by atoms with van der Waals surface area (Å²) in [6, 6.07) is 14.4. The van der Waals surface area contributed by atoms with Crippen molar-refractivity contribution in [3.05, 3.63) is 70.9 Å². The lowest BCUT2D eigenvalue weighted by molar-refractivity contribution is -0.111. The second-order valence-electron chi connectivity index (χ2n) is 10.0. The number of hydrogen-bond acceptors (Lipinski definition) is 9. The molecule has 2 aliphatic rings. The van der Waals surface area contributed by atoms with Crippen LogP contribution in [0.4, 0.5) is 22.7 Å². The van der Waals surface area contributed by atoms with Crippen molar-refractivity contribution < 1.29 is 14.3 Å². The van der Waals surface area contributed by atoms with Gasteiger partial charge in [-0.1, -0.05) is 18.7 Å². The van der Waals surface area contributed by atoms with Crippen molar-refractivity contribution in [3.8, 4) is 11.5 Å². The van der Waals surface area contributed by atoms with Gasteiger partial charge in [0.05, 0.1) is 47.6 Å². The summed E-state index contributed by atoms with van der Waals surface area (Å²) in [6.07, 6.45) is 2.90. The number of piperidine rings is 1. The van der Waals surface area contributed by atoms with E-state index < -0.39 is 6.29 Å². The van der Waals surface area contributed by atoms with E-state index in [2.05, 4.69) is 52.5 Å². The molecule has 0 radical (unpaired) electrons. The molecule has 1 saturated heterocycles. The monoisotopic (exact) mass is 560 g/mol. The molecule has 10 heteroatoms. The lowest BCUT2D eigenvalue weighted by Gasteiger charge is -2.37. The highest BCUT2D eigenvalue weighted by atomic mass is 32.1. The first-order valence-electron chi connectivity index (χ1n) is 13.3. The van der Waals surface area contributed by atoms with Gasteiger partial charge in [-0.2, -0.15) is 0 Å². The Labute approximate surface area is 239 Å². The Hall–Kier alpha value is -4.02. The Morgan fingerprint density at radius 1 is 1.15 bits per heavy atom. The molecule has 3 N–H and O–H groups in total. The van der Waals surface area contributed by atoms with Crippen LogP contribution in [0.15, 0.2) is 65.5 Å². The summed E-state index contributed by atoms with van der Waals surface area (Å²) in [4.78, 5) is 23.1. The van der Waals surface area contributed by atoms with Crippen LogP contribution in [0.2, 0.25) is 0 Å². The lowest BCUT2D eigenvalue weighted by Crippen LogP contribution is -2.42. The second-order valence-corrected chi connectivity index (χ2v) is 10.9. The molecule has 0 saturated carbocycles. The van der Waals surface area contributed by atoms with Gasteiger partial charge in [-0.25, -0.2) is 4.99 Å². The van der Waals surface area contributed by atoms with E-state index in [1.165, 1.54) is 6.08 Å². The van der Waals surface area contributed by atoms with E-state index in [9.17, 15) is 4.79 Å². The van der Waals surface area contributed by atoms with Crippen molar-refractivity contribution in [3.63, 3.8) is 0 Å². The van der Waals surface area contributed by atoms with Crippen LogP contribution in [0.5, 0.6) is 11.5 Å². The SMILES string of the molecule is C=CC(=O)Nc1cc(NC2N=C(c3cccc(OC)c3)c3sccc3N2)c(OC)cc1N1CCC(N(C)C)CC1. The first-order valence-corrected chi connectivity index (χ1v) is 14.2. The smallest absolute Gasteiger partial charge is 0.247 e. The maximum absolute atomic E-state index is 12.4. The van der Waals surface area contributed by atoms with Gasteiger partial charge in [0.1, 0.15) is 11.5 Å². The number of rotatable bonds is 9. The molecule has 2 aromatic carbocycles. The van der Waals surface area contributed by atoms with Gasteiger partial charge in [-0.3, -0.25) is 4.79 Å². The predicted molar refractivity (Wildman–Crippen MR) is 165 cm³/mol. The van der Waals surface area contributed by atoms with Crippen molar-refractivity contribution in [1.29, 1.82) is 0 Å². The molecule has 1 fully saturated rings. The molecule has 9 nitrogen and oxygen atoms in total. The number of ether oxygens (including phenoxy) is 2. The molecular formula is C30H36N6O3S. The van der Waals surface area contributed by atoms with E-state index in [4.69, 9.17) is 14.5 Å². The molecule has 0 bridgehead atoms. The summed E-state index contributed by atoms with van der Waals surface area (Å²) in [7, 11) is 7.56. The lowest BCUT2D eigenvalue weighted by atomic mass is 10.0. The molecule has 2 aliphatic heterocycles. The first kappa shape index (κ1) is 27.5. The summed E-state index contributed by atoms with van der Waals surface area (Å²) >= 11 is 1.64. The van der Waals surface area contributed by atoms with Crippen molar-refractivity contribution in [2.45, 2.75) is 25.2 Å². The number of hydrogen-bond donors (Lipinski definition) is 3. The van der Waals surface area contributed by atoms with Crippen LogP contribution >= 0.6 is 11.3 Å². The highest BCUT2D eigenvalue weighted by molar-refractivity contribution is 7.13. The Morgan fingerprint density at radius 2 is 1.95 bits per heavy atom. The van der Waals surface area contributed by atoms with Crippen molar-refractivity contribution in [1.82, 2.24) is 4.90 Å². The van der Waals surface area contributed by atoms with Crippen molar-refractivity contribution >= 4 is 45.7 Å². The van der Waals surface area contributed by atoms with Crippen LogP contribution in [0.25, 0.3) is 0 Å². The van der Waals surface area contributed by atoms with Crippen molar-refractivity contribution in [2.75, 3.05) is 62.3 Å². The number of benzene rings is 2. The number of amides is 1. The first-order chi connectivity index (χ1) is 19.4. The van der Waals surface area contributed by atoms with Crippen LogP contribution < -0.4 is 30.3 Å². The average Bonchev–Trinajstić information content (AvgIpc) is 3.45. The molecule has 40 heavy (non-hydrogen) atoms. The number of fused-ring (bicyclic) bond motifs is 1. The Kier molecular flexibility index (Phi) is 8.27. The molecule has 1 atom stereocenters. The number of thiophene rings is 1. The molecule has 1 amide bonds. The molecule has 3 aromatic rings. The number of anilines is 4. The Morgan fingerprint density at radius 3 is 2.65 bits per heavy atom. The molecular weight excluding hydrogens is 524 g/mol. The number of nitrogens with zero attached hydrogens (tertiary/aromatic N) is 3. The summed E-state index contributed by atoms with van der Waals surface area (Å²) in [5.74, 6) is 1.17. The van der Waals surface area contributed by atoms with E-state index >= 15 is 0 Å². The number of carbonyl (C=O) groups excluding carboxylic acids is 1. The fraction of sp³-hybridized carbons (Fsp3) is 0.333. The van der Waals surface area contributed by atoms with E-state index in [0.717, 1.165) is 59.2 Å². The van der Waals surface area contributed by atoms with E-state index in [1.54, 1.807) is 25.6 Å². The minimum atomic E-state index is -0.471. The van der Waals surface area contributed by atoms with Gasteiger partial charge in [0, 0.05) is 30.8 Å². The van der Waals surface area contributed by atoms with Crippen LogP contribution in [0.3, 0.4) is 0 Å². The zero-order valence-corrected chi connectivity index (χ0v) is 24.2. The normalized spacial score (nSPS) is 17.0. The fourth-order valence-electron chi connectivity index (χ4n) is 5.18. The number of carbonyl (C=O) groups is 1. The minimum Gasteiger partial charge on any atom is -0.497 e. The summed E-state index contributed by atoms with van der Waals surface area (Å²) in [6.45, 7) is 5.40. The second kappa shape index (κ2) is 12.0. The van der Waals surface area contributed by atoms with Gasteiger partial charge in [0.25, 0.3) is 0 Å². The molecule has 3 heterocycles. The highest BCUT2D eigenvalue weighted by Crippen LogP contribution is 2.40. The Balaban J connectivity index is 1.48. The van der Waals surface area contributed by atoms with E-state index in [-0.39, 0.29) is 5.91 Å². The summed E-state index contributed by atoms with van der Waals surface area (Å²) < 4.78 is 11.3. The maximum atomic E-state index is 12.4. The van der Waals surface area contributed by atoms with E-state index in [0.29, 0.717) is 23.2 Å². The molecule has 0 aliphatic carbocycles. The standard InChI is InChI=1S/C30H36N6O3S/c1-6-27(37)31-23-17-24(26(39-5)18-25(23)36-13-10-20(11-14-36)35(2)3)33-30-32-22-12-15-40-29(22)28(34-30)19-8-7-9-21(16-19)38-4/h6-9,12,15-18,20,30,32-33H,1,10-11,13-14H2,2-5H3,(H,31,37). The van der Waals surface area contributed by atoms with Crippen LogP contribution in [-0.2, 0) is 4.79 Å². The average molecular weight is 561 g/mol. The highest BCUT2D eigenvalue weighted by Gasteiger charge is 2.27. The summed E-state index contributed by atoms with van der Waals surface area (Å²) in [5.41, 5.74) is 5.17. The van der Waals surface area contributed by atoms with Gasteiger partial charge < -0.3 is 35.2 Å². The van der Waals surface area contributed by atoms with Crippen molar-refractivity contribution in [2.24, 2.45) is 4.99 Å². The van der Waals surface area contributed by atoms with Gasteiger partial charge in [0.2, 0.25) is 5.91 Å². The molecule has 1 unspecified atom stereocenters. The molecule has 210 valence electrons.